The Labute approximate surface area is 223 Å². The fourth-order valence-electron chi connectivity index (χ4n) is 3.70. The molecule has 1 aliphatic heterocycles. The van der Waals surface area contributed by atoms with Gasteiger partial charge in [-0.2, -0.15) is 13.2 Å². The fourth-order valence-corrected chi connectivity index (χ4v) is 3.70. The zero-order chi connectivity index (χ0) is 28.3. The molecule has 9 nitrogen and oxygen atoms in total. The normalized spacial score (nSPS) is 13.8. The van der Waals surface area contributed by atoms with Crippen LogP contribution in [0.4, 0.5) is 24.7 Å². The summed E-state index contributed by atoms with van der Waals surface area (Å²) in [7, 11) is 0. The molecular weight excluding hydrogens is 515 g/mol. The number of aliphatic carboxylic acids is 1. The van der Waals surface area contributed by atoms with E-state index in [0.29, 0.717) is 6.54 Å². The second kappa shape index (κ2) is 13.8. The maximum Gasteiger partial charge on any atom is 0.490 e. The van der Waals surface area contributed by atoms with Crippen LogP contribution in [0.3, 0.4) is 0 Å². The van der Waals surface area contributed by atoms with Gasteiger partial charge in [-0.25, -0.2) is 14.6 Å². The first-order chi connectivity index (χ1) is 18.6. The number of aromatic carboxylic acids is 1. The molecule has 0 saturated carbocycles. The molecular formula is C27H28F3N5O4. The van der Waals surface area contributed by atoms with E-state index in [1.165, 1.54) is 5.56 Å². The lowest BCUT2D eigenvalue weighted by atomic mass is 10.1. The SMILES string of the molecule is O=C(O)C(F)(F)F.O=C(O)c1cccc(NC(=NCCc2ccccc2)N2CCN(c3ccccn3)CC2)c1. The minimum Gasteiger partial charge on any atom is -0.478 e. The van der Waals surface area contributed by atoms with E-state index < -0.39 is 18.1 Å². The number of halogens is 3. The number of carboxylic acid groups (broad SMARTS) is 2. The summed E-state index contributed by atoms with van der Waals surface area (Å²) in [6, 6.07) is 23.1. The Morgan fingerprint density at radius 1 is 0.923 bits per heavy atom. The number of aromatic nitrogens is 1. The molecule has 2 heterocycles. The lowest BCUT2D eigenvalue weighted by molar-refractivity contribution is -0.192. The van der Waals surface area contributed by atoms with Crippen molar-refractivity contribution in [3.05, 3.63) is 90.1 Å². The summed E-state index contributed by atoms with van der Waals surface area (Å²) >= 11 is 0. The summed E-state index contributed by atoms with van der Waals surface area (Å²) in [5.41, 5.74) is 2.21. The van der Waals surface area contributed by atoms with Gasteiger partial charge < -0.3 is 25.3 Å². The van der Waals surface area contributed by atoms with Crippen LogP contribution >= 0.6 is 0 Å². The predicted octanol–water partition coefficient (Wildman–Crippen LogP) is 4.25. The molecule has 1 fully saturated rings. The van der Waals surface area contributed by atoms with Crippen molar-refractivity contribution in [3.63, 3.8) is 0 Å². The number of carboxylic acids is 2. The van der Waals surface area contributed by atoms with Crippen LogP contribution < -0.4 is 10.2 Å². The Balaban J connectivity index is 0.000000532. The van der Waals surface area contributed by atoms with Gasteiger partial charge in [-0.1, -0.05) is 42.5 Å². The van der Waals surface area contributed by atoms with Gasteiger partial charge in [-0.3, -0.25) is 4.99 Å². The van der Waals surface area contributed by atoms with E-state index >= 15 is 0 Å². The smallest absolute Gasteiger partial charge is 0.478 e. The van der Waals surface area contributed by atoms with Crippen molar-refractivity contribution in [2.75, 3.05) is 42.9 Å². The van der Waals surface area contributed by atoms with Gasteiger partial charge in [-0.05, 0) is 42.3 Å². The number of benzene rings is 2. The monoisotopic (exact) mass is 543 g/mol. The summed E-state index contributed by atoms with van der Waals surface area (Å²) in [5, 5.41) is 19.8. The number of nitrogens with zero attached hydrogens (tertiary/aromatic N) is 4. The summed E-state index contributed by atoms with van der Waals surface area (Å²) < 4.78 is 31.7. The van der Waals surface area contributed by atoms with Gasteiger partial charge in [-0.15, -0.1) is 0 Å². The Kier molecular flexibility index (Phi) is 10.2. The van der Waals surface area contributed by atoms with Gasteiger partial charge in [0.25, 0.3) is 0 Å². The molecule has 0 bridgehead atoms. The second-order valence-corrected chi connectivity index (χ2v) is 8.42. The average molecular weight is 544 g/mol. The molecule has 4 rings (SSSR count). The Morgan fingerprint density at radius 2 is 1.59 bits per heavy atom. The quantitative estimate of drug-likeness (QED) is 0.312. The predicted molar refractivity (Wildman–Crippen MR) is 141 cm³/mol. The van der Waals surface area contributed by atoms with Crippen LogP contribution in [0, 0.1) is 0 Å². The van der Waals surface area contributed by atoms with Crippen molar-refractivity contribution >= 4 is 29.4 Å². The van der Waals surface area contributed by atoms with Crippen LogP contribution in [0.25, 0.3) is 0 Å². The van der Waals surface area contributed by atoms with Crippen LogP contribution in [0.5, 0.6) is 0 Å². The van der Waals surface area contributed by atoms with Crippen molar-refractivity contribution < 1.29 is 33.0 Å². The molecule has 0 unspecified atom stereocenters. The molecule has 12 heteroatoms. The van der Waals surface area contributed by atoms with E-state index in [1.807, 2.05) is 48.7 Å². The van der Waals surface area contributed by atoms with Crippen LogP contribution in [-0.4, -0.2) is 76.9 Å². The number of hydrogen-bond acceptors (Lipinski definition) is 5. The largest absolute Gasteiger partial charge is 0.490 e. The highest BCUT2D eigenvalue weighted by Crippen LogP contribution is 2.16. The van der Waals surface area contributed by atoms with E-state index in [-0.39, 0.29) is 5.56 Å². The molecule has 1 saturated heterocycles. The number of guanidine groups is 1. The van der Waals surface area contributed by atoms with Crippen molar-refractivity contribution in [2.24, 2.45) is 4.99 Å². The van der Waals surface area contributed by atoms with Gasteiger partial charge in [0.15, 0.2) is 5.96 Å². The molecule has 0 aliphatic carbocycles. The summed E-state index contributed by atoms with van der Waals surface area (Å²) in [5.74, 6) is -1.95. The zero-order valence-corrected chi connectivity index (χ0v) is 20.9. The van der Waals surface area contributed by atoms with Crippen molar-refractivity contribution in [1.29, 1.82) is 0 Å². The first-order valence-electron chi connectivity index (χ1n) is 12.0. The third-order valence-corrected chi connectivity index (χ3v) is 5.67. The second-order valence-electron chi connectivity index (χ2n) is 8.42. The molecule has 3 N–H and O–H groups in total. The molecule has 0 amide bonds. The van der Waals surface area contributed by atoms with Gasteiger partial charge in [0.2, 0.25) is 0 Å². The van der Waals surface area contributed by atoms with E-state index in [0.717, 1.165) is 50.1 Å². The topological polar surface area (TPSA) is 118 Å². The minimum atomic E-state index is -5.08. The molecule has 0 atom stereocenters. The Morgan fingerprint density at radius 3 is 2.18 bits per heavy atom. The minimum absolute atomic E-state index is 0.249. The maximum absolute atomic E-state index is 11.4. The van der Waals surface area contributed by atoms with Crippen molar-refractivity contribution in [2.45, 2.75) is 12.6 Å². The number of carbonyl (C=O) groups is 2. The van der Waals surface area contributed by atoms with Gasteiger partial charge >= 0.3 is 18.1 Å². The number of alkyl halides is 3. The van der Waals surface area contributed by atoms with E-state index in [9.17, 15) is 23.1 Å². The fraction of sp³-hybridized carbons (Fsp3) is 0.259. The summed E-state index contributed by atoms with van der Waals surface area (Å²) in [4.78, 5) is 34.1. The average Bonchev–Trinajstić information content (AvgIpc) is 2.94. The molecule has 0 radical (unpaired) electrons. The number of pyridine rings is 1. The third-order valence-electron chi connectivity index (χ3n) is 5.67. The van der Waals surface area contributed by atoms with E-state index in [4.69, 9.17) is 14.9 Å². The third kappa shape index (κ3) is 9.33. The first kappa shape index (κ1) is 29.0. The lowest BCUT2D eigenvalue weighted by Crippen LogP contribution is -2.51. The highest BCUT2D eigenvalue weighted by Gasteiger charge is 2.38. The number of aliphatic imine (C=N–C) groups is 1. The Hall–Kier alpha value is -4.61. The molecule has 39 heavy (non-hydrogen) atoms. The molecule has 1 aromatic heterocycles. The van der Waals surface area contributed by atoms with E-state index in [2.05, 4.69) is 32.2 Å². The molecule has 2 aromatic carbocycles. The Bertz CT molecular complexity index is 1250. The standard InChI is InChI=1S/C25H27N5O2.C2HF3O2/c31-24(32)21-9-6-10-22(19-21)28-25(27-14-12-20-7-2-1-3-8-20)30-17-15-29(16-18-30)23-11-4-5-13-26-23;3-2(4,5)1(6)7/h1-11,13,19H,12,14-18H2,(H,27,28)(H,31,32);(H,6,7). The van der Waals surface area contributed by atoms with Gasteiger partial charge in [0.1, 0.15) is 5.82 Å². The zero-order valence-electron chi connectivity index (χ0n) is 20.9. The highest BCUT2D eigenvalue weighted by molar-refractivity contribution is 5.96. The number of nitrogens with one attached hydrogen (secondary N) is 1. The highest BCUT2D eigenvalue weighted by atomic mass is 19.4. The molecule has 1 aliphatic rings. The van der Waals surface area contributed by atoms with Crippen LogP contribution in [0.2, 0.25) is 0 Å². The number of hydrogen-bond donors (Lipinski definition) is 3. The summed E-state index contributed by atoms with van der Waals surface area (Å²) in [6.45, 7) is 3.92. The first-order valence-corrected chi connectivity index (χ1v) is 12.0. The molecule has 3 aromatic rings. The molecule has 0 spiro atoms. The van der Waals surface area contributed by atoms with Gasteiger partial charge in [0.05, 0.1) is 5.56 Å². The molecule has 206 valence electrons. The number of anilines is 2. The number of rotatable bonds is 6. The summed E-state index contributed by atoms with van der Waals surface area (Å²) in [6.07, 6.45) is -2.43. The van der Waals surface area contributed by atoms with Crippen molar-refractivity contribution in [1.82, 2.24) is 9.88 Å². The van der Waals surface area contributed by atoms with Gasteiger partial charge in [0, 0.05) is 44.6 Å². The van der Waals surface area contributed by atoms with E-state index in [1.54, 1.807) is 18.2 Å². The lowest BCUT2D eigenvalue weighted by Gasteiger charge is -2.37. The van der Waals surface area contributed by atoms with Crippen LogP contribution in [0.1, 0.15) is 15.9 Å². The van der Waals surface area contributed by atoms with Crippen molar-refractivity contribution in [3.8, 4) is 0 Å². The number of piperazine rings is 1. The maximum atomic E-state index is 11.4. The van der Waals surface area contributed by atoms with Crippen LogP contribution in [0.15, 0.2) is 84.0 Å². The van der Waals surface area contributed by atoms with Crippen LogP contribution in [-0.2, 0) is 11.2 Å².